The first-order valence-corrected chi connectivity index (χ1v) is 5.73. The molecule has 1 heterocycles. The number of aliphatic imine (C=N–C) groups is 1. The van der Waals surface area contributed by atoms with Crippen LogP contribution in [-0.2, 0) is 6.42 Å². The van der Waals surface area contributed by atoms with E-state index in [0.29, 0.717) is 0 Å². The smallest absolute Gasteiger partial charge is 0.123 e. The third-order valence-corrected chi connectivity index (χ3v) is 3.04. The number of rotatable bonds is 1. The maximum atomic E-state index is 12.9. The first-order valence-electron chi connectivity index (χ1n) is 5.73. The van der Waals surface area contributed by atoms with Crippen molar-refractivity contribution in [1.29, 1.82) is 0 Å². The lowest BCUT2D eigenvalue weighted by Crippen LogP contribution is -2.13. The van der Waals surface area contributed by atoms with Gasteiger partial charge in [0, 0.05) is 17.7 Å². The monoisotopic (exact) mass is 225 g/mol. The van der Waals surface area contributed by atoms with Crippen LogP contribution in [0.15, 0.2) is 53.5 Å². The summed E-state index contributed by atoms with van der Waals surface area (Å²) in [6.45, 7) is 0.809. The number of benzene rings is 2. The summed E-state index contributed by atoms with van der Waals surface area (Å²) in [7, 11) is 0. The maximum Gasteiger partial charge on any atom is 0.123 e. The fourth-order valence-corrected chi connectivity index (χ4v) is 2.20. The van der Waals surface area contributed by atoms with Gasteiger partial charge in [-0.25, -0.2) is 4.39 Å². The van der Waals surface area contributed by atoms with E-state index >= 15 is 0 Å². The molecule has 0 fully saturated rings. The van der Waals surface area contributed by atoms with E-state index in [1.165, 1.54) is 23.3 Å². The van der Waals surface area contributed by atoms with Gasteiger partial charge < -0.3 is 0 Å². The van der Waals surface area contributed by atoms with Gasteiger partial charge in [0.1, 0.15) is 5.82 Å². The second-order valence-electron chi connectivity index (χ2n) is 4.14. The predicted octanol–water partition coefficient (Wildman–Crippen LogP) is 3.22. The topological polar surface area (TPSA) is 12.4 Å². The van der Waals surface area contributed by atoms with Gasteiger partial charge in [-0.2, -0.15) is 0 Å². The van der Waals surface area contributed by atoms with E-state index in [4.69, 9.17) is 0 Å². The highest BCUT2D eigenvalue weighted by Crippen LogP contribution is 2.20. The molecule has 0 saturated heterocycles. The molecule has 0 saturated carbocycles. The maximum absolute atomic E-state index is 12.9. The zero-order chi connectivity index (χ0) is 11.7. The van der Waals surface area contributed by atoms with Gasteiger partial charge in [-0.15, -0.1) is 0 Å². The summed E-state index contributed by atoms with van der Waals surface area (Å²) in [4.78, 5) is 4.56. The average Bonchev–Trinajstić information content (AvgIpc) is 2.39. The number of halogens is 1. The van der Waals surface area contributed by atoms with Crippen LogP contribution in [0.25, 0.3) is 0 Å². The van der Waals surface area contributed by atoms with Crippen LogP contribution in [0.1, 0.15) is 16.7 Å². The molecule has 2 aromatic carbocycles. The molecule has 0 N–H and O–H groups in total. The van der Waals surface area contributed by atoms with Crippen molar-refractivity contribution in [2.75, 3.05) is 6.54 Å². The fourth-order valence-electron chi connectivity index (χ4n) is 2.20. The van der Waals surface area contributed by atoms with E-state index in [9.17, 15) is 4.39 Å². The summed E-state index contributed by atoms with van der Waals surface area (Å²) in [5.74, 6) is -0.210. The lowest BCUT2D eigenvalue weighted by atomic mass is 9.93. The predicted molar refractivity (Wildman–Crippen MR) is 67.1 cm³/mol. The minimum absolute atomic E-state index is 0.210. The molecule has 0 unspecified atom stereocenters. The van der Waals surface area contributed by atoms with Gasteiger partial charge in [-0.1, -0.05) is 24.3 Å². The number of fused-ring (bicyclic) bond motifs is 1. The van der Waals surface area contributed by atoms with Crippen LogP contribution in [0.2, 0.25) is 0 Å². The van der Waals surface area contributed by atoms with E-state index < -0.39 is 0 Å². The second-order valence-corrected chi connectivity index (χ2v) is 4.14. The molecule has 0 aromatic heterocycles. The summed E-state index contributed by atoms with van der Waals surface area (Å²) in [6.07, 6.45) is 0.987. The summed E-state index contributed by atoms with van der Waals surface area (Å²) in [5.41, 5.74) is 4.46. The van der Waals surface area contributed by atoms with Crippen LogP contribution in [0.4, 0.5) is 4.39 Å². The van der Waals surface area contributed by atoms with Crippen molar-refractivity contribution in [2.24, 2.45) is 4.99 Å². The number of hydrogen-bond donors (Lipinski definition) is 0. The van der Waals surface area contributed by atoms with Gasteiger partial charge in [0.2, 0.25) is 0 Å². The summed E-state index contributed by atoms with van der Waals surface area (Å²) < 4.78 is 12.9. The van der Waals surface area contributed by atoms with Crippen molar-refractivity contribution < 1.29 is 4.39 Å². The standard InChI is InChI=1S/C15H12FN/c16-13-7-5-12(6-8-13)15-14-4-2-1-3-11(14)9-10-17-15/h1-8H,9-10H2. The quantitative estimate of drug-likeness (QED) is 0.706. The molecule has 1 aliphatic heterocycles. The molecular formula is C15H12FN. The van der Waals surface area contributed by atoms with Crippen molar-refractivity contribution in [3.05, 3.63) is 71.0 Å². The van der Waals surface area contributed by atoms with E-state index in [2.05, 4.69) is 17.1 Å². The summed E-state index contributed by atoms with van der Waals surface area (Å²) in [5, 5.41) is 0. The van der Waals surface area contributed by atoms with Gasteiger partial charge in [-0.3, -0.25) is 4.99 Å². The van der Waals surface area contributed by atoms with Crippen molar-refractivity contribution in [3.8, 4) is 0 Å². The van der Waals surface area contributed by atoms with Gasteiger partial charge in [0.15, 0.2) is 0 Å². The first-order chi connectivity index (χ1) is 8.34. The highest BCUT2D eigenvalue weighted by atomic mass is 19.1. The van der Waals surface area contributed by atoms with Crippen molar-refractivity contribution in [3.63, 3.8) is 0 Å². The Labute approximate surface area is 99.6 Å². The highest BCUT2D eigenvalue weighted by molar-refractivity contribution is 6.14. The Balaban J connectivity index is 2.09. The Hall–Kier alpha value is -1.96. The molecule has 0 aliphatic carbocycles. The van der Waals surface area contributed by atoms with Crippen LogP contribution in [0, 0.1) is 5.82 Å². The largest absolute Gasteiger partial charge is 0.284 e. The molecule has 2 aromatic rings. The van der Waals surface area contributed by atoms with Crippen molar-refractivity contribution >= 4 is 5.71 Å². The fraction of sp³-hybridized carbons (Fsp3) is 0.133. The lowest BCUT2D eigenvalue weighted by Gasteiger charge is -2.16. The van der Waals surface area contributed by atoms with Gasteiger partial charge >= 0.3 is 0 Å². The normalized spacial score (nSPS) is 14.1. The average molecular weight is 225 g/mol. The third kappa shape index (κ3) is 1.86. The molecule has 3 rings (SSSR count). The zero-order valence-corrected chi connectivity index (χ0v) is 9.36. The van der Waals surface area contributed by atoms with Crippen molar-refractivity contribution in [1.82, 2.24) is 0 Å². The molecule has 0 radical (unpaired) electrons. The highest BCUT2D eigenvalue weighted by Gasteiger charge is 2.14. The Bertz CT molecular complexity index is 570. The Morgan fingerprint density at radius 2 is 1.71 bits per heavy atom. The second kappa shape index (κ2) is 4.13. The van der Waals surface area contributed by atoms with Crippen LogP contribution in [0.3, 0.4) is 0 Å². The van der Waals surface area contributed by atoms with Crippen molar-refractivity contribution in [2.45, 2.75) is 6.42 Å². The van der Waals surface area contributed by atoms with Crippen LogP contribution < -0.4 is 0 Å². The molecular weight excluding hydrogens is 213 g/mol. The van der Waals surface area contributed by atoms with E-state index in [-0.39, 0.29) is 5.82 Å². The van der Waals surface area contributed by atoms with E-state index in [0.717, 1.165) is 24.2 Å². The SMILES string of the molecule is Fc1ccc(C2=NCCc3ccccc32)cc1. The molecule has 0 spiro atoms. The zero-order valence-electron chi connectivity index (χ0n) is 9.36. The number of hydrogen-bond acceptors (Lipinski definition) is 1. The Kier molecular flexibility index (Phi) is 2.48. The lowest BCUT2D eigenvalue weighted by molar-refractivity contribution is 0.628. The molecule has 0 bridgehead atoms. The molecule has 1 nitrogen and oxygen atoms in total. The first kappa shape index (κ1) is 10.2. The summed E-state index contributed by atoms with van der Waals surface area (Å²) in [6, 6.07) is 14.8. The third-order valence-electron chi connectivity index (χ3n) is 3.04. The minimum atomic E-state index is -0.210. The van der Waals surface area contributed by atoms with Crippen LogP contribution in [0.5, 0.6) is 0 Å². The van der Waals surface area contributed by atoms with E-state index in [1.54, 1.807) is 12.1 Å². The van der Waals surface area contributed by atoms with Gasteiger partial charge in [0.05, 0.1) is 5.71 Å². The molecule has 0 atom stereocenters. The van der Waals surface area contributed by atoms with Gasteiger partial charge in [-0.05, 0) is 36.2 Å². The Morgan fingerprint density at radius 1 is 0.941 bits per heavy atom. The number of nitrogens with zero attached hydrogens (tertiary/aromatic N) is 1. The molecule has 17 heavy (non-hydrogen) atoms. The van der Waals surface area contributed by atoms with E-state index in [1.807, 2.05) is 12.1 Å². The summed E-state index contributed by atoms with van der Waals surface area (Å²) >= 11 is 0. The molecule has 84 valence electrons. The minimum Gasteiger partial charge on any atom is -0.284 e. The molecule has 1 aliphatic rings. The van der Waals surface area contributed by atoms with Gasteiger partial charge in [0.25, 0.3) is 0 Å². The molecule has 0 amide bonds. The Morgan fingerprint density at radius 3 is 2.53 bits per heavy atom. The molecule has 2 heteroatoms. The van der Waals surface area contributed by atoms with Crippen LogP contribution in [-0.4, -0.2) is 12.3 Å². The van der Waals surface area contributed by atoms with Crippen LogP contribution >= 0.6 is 0 Å².